The zero-order valence-corrected chi connectivity index (χ0v) is 10.7. The van der Waals surface area contributed by atoms with Crippen LogP contribution in [-0.4, -0.2) is 29.6 Å². The molecule has 90 valence electrons. The maximum absolute atomic E-state index is 4.55. The molecule has 0 fully saturated rings. The number of nitrogens with zero attached hydrogens (tertiary/aromatic N) is 3. The van der Waals surface area contributed by atoms with Crippen LogP contribution in [0.15, 0.2) is 6.07 Å². The molecule has 4 nitrogen and oxygen atoms in total. The molecule has 1 aromatic rings. The van der Waals surface area contributed by atoms with Gasteiger partial charge in [0.1, 0.15) is 5.82 Å². The second-order valence-corrected chi connectivity index (χ2v) is 3.60. The van der Waals surface area contributed by atoms with Gasteiger partial charge in [0, 0.05) is 31.4 Å². The quantitative estimate of drug-likeness (QED) is 0.802. The SMILES string of the molecule is CCNc1cc(CC)nc(N(CC)CC)n1. The van der Waals surface area contributed by atoms with E-state index in [9.17, 15) is 0 Å². The smallest absolute Gasteiger partial charge is 0.227 e. The first-order valence-electron chi connectivity index (χ1n) is 6.11. The number of rotatable bonds is 6. The maximum Gasteiger partial charge on any atom is 0.227 e. The standard InChI is InChI=1S/C12H22N4/c1-5-10-9-11(13-6-2)15-12(14-10)16(7-3)8-4/h9H,5-8H2,1-4H3,(H,13,14,15). The van der Waals surface area contributed by atoms with Crippen molar-refractivity contribution < 1.29 is 0 Å². The number of nitrogens with one attached hydrogen (secondary N) is 1. The fourth-order valence-corrected chi connectivity index (χ4v) is 1.58. The van der Waals surface area contributed by atoms with E-state index in [4.69, 9.17) is 0 Å². The molecule has 0 aromatic carbocycles. The molecule has 0 aliphatic carbocycles. The summed E-state index contributed by atoms with van der Waals surface area (Å²) >= 11 is 0. The van der Waals surface area contributed by atoms with Gasteiger partial charge in [0.2, 0.25) is 5.95 Å². The Labute approximate surface area is 98.1 Å². The van der Waals surface area contributed by atoms with E-state index in [1.54, 1.807) is 0 Å². The van der Waals surface area contributed by atoms with Crippen molar-refractivity contribution in [2.45, 2.75) is 34.1 Å². The van der Waals surface area contributed by atoms with Crippen LogP contribution in [0.5, 0.6) is 0 Å². The predicted octanol–water partition coefficient (Wildman–Crippen LogP) is 2.32. The second-order valence-electron chi connectivity index (χ2n) is 3.60. The molecule has 0 bridgehead atoms. The second kappa shape index (κ2) is 6.30. The van der Waals surface area contributed by atoms with Crippen LogP contribution in [0.2, 0.25) is 0 Å². The van der Waals surface area contributed by atoms with Crippen LogP contribution >= 0.6 is 0 Å². The summed E-state index contributed by atoms with van der Waals surface area (Å²) in [5.74, 6) is 1.76. The lowest BCUT2D eigenvalue weighted by Crippen LogP contribution is -2.25. The van der Waals surface area contributed by atoms with Gasteiger partial charge in [0.05, 0.1) is 0 Å². The van der Waals surface area contributed by atoms with E-state index in [0.29, 0.717) is 0 Å². The molecule has 0 amide bonds. The van der Waals surface area contributed by atoms with Gasteiger partial charge in [-0.3, -0.25) is 0 Å². The van der Waals surface area contributed by atoms with Crippen LogP contribution < -0.4 is 10.2 Å². The van der Waals surface area contributed by atoms with Crippen molar-refractivity contribution in [3.05, 3.63) is 11.8 Å². The number of hydrogen-bond acceptors (Lipinski definition) is 4. The van der Waals surface area contributed by atoms with Gasteiger partial charge in [-0.2, -0.15) is 4.98 Å². The lowest BCUT2D eigenvalue weighted by molar-refractivity contribution is 0.810. The highest BCUT2D eigenvalue weighted by molar-refractivity contribution is 5.43. The van der Waals surface area contributed by atoms with Crippen molar-refractivity contribution in [2.24, 2.45) is 0 Å². The molecule has 0 spiro atoms. The summed E-state index contributed by atoms with van der Waals surface area (Å²) in [4.78, 5) is 11.2. The Morgan fingerprint density at radius 3 is 2.31 bits per heavy atom. The highest BCUT2D eigenvalue weighted by Crippen LogP contribution is 2.14. The molecule has 0 saturated carbocycles. The summed E-state index contributed by atoms with van der Waals surface area (Å²) in [6, 6.07) is 2.02. The van der Waals surface area contributed by atoms with Gasteiger partial charge >= 0.3 is 0 Å². The molecule has 1 aromatic heterocycles. The first kappa shape index (κ1) is 12.7. The Morgan fingerprint density at radius 1 is 1.12 bits per heavy atom. The van der Waals surface area contributed by atoms with Crippen molar-refractivity contribution in [3.63, 3.8) is 0 Å². The molecule has 0 aliphatic heterocycles. The third-order valence-electron chi connectivity index (χ3n) is 2.53. The number of anilines is 2. The molecule has 0 radical (unpaired) electrons. The van der Waals surface area contributed by atoms with Crippen LogP contribution in [-0.2, 0) is 6.42 Å². The predicted molar refractivity (Wildman–Crippen MR) is 69.1 cm³/mol. The molecule has 0 unspecified atom stereocenters. The number of aryl methyl sites for hydroxylation is 1. The third-order valence-corrected chi connectivity index (χ3v) is 2.53. The average Bonchev–Trinajstić information content (AvgIpc) is 2.31. The van der Waals surface area contributed by atoms with Crippen molar-refractivity contribution in [2.75, 3.05) is 29.9 Å². The van der Waals surface area contributed by atoms with Gasteiger partial charge in [-0.05, 0) is 27.2 Å². The first-order valence-corrected chi connectivity index (χ1v) is 6.11. The van der Waals surface area contributed by atoms with Crippen LogP contribution in [0.4, 0.5) is 11.8 Å². The van der Waals surface area contributed by atoms with E-state index < -0.39 is 0 Å². The molecular weight excluding hydrogens is 200 g/mol. The van der Waals surface area contributed by atoms with E-state index in [1.165, 1.54) is 0 Å². The van der Waals surface area contributed by atoms with E-state index in [0.717, 1.165) is 43.5 Å². The van der Waals surface area contributed by atoms with E-state index in [-0.39, 0.29) is 0 Å². The third kappa shape index (κ3) is 3.08. The van der Waals surface area contributed by atoms with Crippen molar-refractivity contribution in [1.29, 1.82) is 0 Å². The van der Waals surface area contributed by atoms with E-state index in [1.807, 2.05) is 6.07 Å². The molecule has 4 heteroatoms. The van der Waals surface area contributed by atoms with Gasteiger partial charge in [-0.25, -0.2) is 4.98 Å². The Kier molecular flexibility index (Phi) is 5.02. The zero-order chi connectivity index (χ0) is 12.0. The Hall–Kier alpha value is -1.32. The fourth-order valence-electron chi connectivity index (χ4n) is 1.58. The average molecular weight is 222 g/mol. The van der Waals surface area contributed by atoms with Crippen LogP contribution in [0.1, 0.15) is 33.4 Å². The van der Waals surface area contributed by atoms with E-state index >= 15 is 0 Å². The highest BCUT2D eigenvalue weighted by Gasteiger charge is 2.08. The maximum atomic E-state index is 4.55. The number of hydrogen-bond donors (Lipinski definition) is 1. The van der Waals surface area contributed by atoms with Gasteiger partial charge < -0.3 is 10.2 Å². The van der Waals surface area contributed by atoms with Crippen molar-refractivity contribution >= 4 is 11.8 Å². The largest absolute Gasteiger partial charge is 0.370 e. The lowest BCUT2D eigenvalue weighted by Gasteiger charge is -2.19. The van der Waals surface area contributed by atoms with Gasteiger partial charge in [0.25, 0.3) is 0 Å². The Bertz CT molecular complexity index is 321. The first-order chi connectivity index (χ1) is 7.74. The summed E-state index contributed by atoms with van der Waals surface area (Å²) < 4.78 is 0. The normalized spacial score (nSPS) is 10.2. The zero-order valence-electron chi connectivity index (χ0n) is 10.7. The van der Waals surface area contributed by atoms with E-state index in [2.05, 4.69) is 47.9 Å². The van der Waals surface area contributed by atoms with Crippen LogP contribution in [0.25, 0.3) is 0 Å². The van der Waals surface area contributed by atoms with Gasteiger partial charge in [-0.15, -0.1) is 0 Å². The topological polar surface area (TPSA) is 41.1 Å². The minimum atomic E-state index is 0.834. The molecular formula is C12H22N4. The molecule has 16 heavy (non-hydrogen) atoms. The van der Waals surface area contributed by atoms with Crippen LogP contribution in [0, 0.1) is 0 Å². The minimum Gasteiger partial charge on any atom is -0.370 e. The summed E-state index contributed by atoms with van der Waals surface area (Å²) in [5, 5.41) is 3.25. The van der Waals surface area contributed by atoms with Crippen molar-refractivity contribution in [1.82, 2.24) is 9.97 Å². The monoisotopic (exact) mass is 222 g/mol. The molecule has 0 atom stereocenters. The summed E-state index contributed by atoms with van der Waals surface area (Å²) in [6.45, 7) is 11.2. The molecule has 1 heterocycles. The fraction of sp³-hybridized carbons (Fsp3) is 0.667. The lowest BCUT2D eigenvalue weighted by atomic mass is 10.3. The molecule has 0 aliphatic rings. The Morgan fingerprint density at radius 2 is 1.81 bits per heavy atom. The highest BCUT2D eigenvalue weighted by atomic mass is 15.3. The summed E-state index contributed by atoms with van der Waals surface area (Å²) in [7, 11) is 0. The van der Waals surface area contributed by atoms with Gasteiger partial charge in [0.15, 0.2) is 0 Å². The summed E-state index contributed by atoms with van der Waals surface area (Å²) in [6.07, 6.45) is 0.940. The van der Waals surface area contributed by atoms with Crippen molar-refractivity contribution in [3.8, 4) is 0 Å². The molecule has 0 saturated heterocycles. The summed E-state index contributed by atoms with van der Waals surface area (Å²) in [5.41, 5.74) is 1.09. The Balaban J connectivity index is 3.02. The molecule has 1 N–H and O–H groups in total. The number of aromatic nitrogens is 2. The minimum absolute atomic E-state index is 0.834. The van der Waals surface area contributed by atoms with Gasteiger partial charge in [-0.1, -0.05) is 6.92 Å². The molecule has 1 rings (SSSR count). The van der Waals surface area contributed by atoms with Crippen LogP contribution in [0.3, 0.4) is 0 Å².